The molecule has 0 saturated heterocycles. The van der Waals surface area contributed by atoms with Gasteiger partial charge in [-0.1, -0.05) is 12.1 Å². The van der Waals surface area contributed by atoms with Crippen LogP contribution < -0.4 is 10.1 Å². The molecular formula is C14H16N2O3. The number of nitrogens with one attached hydrogen (secondary N) is 1. The molecule has 0 bridgehead atoms. The van der Waals surface area contributed by atoms with Crippen LogP contribution in [0.3, 0.4) is 0 Å². The van der Waals surface area contributed by atoms with E-state index >= 15 is 0 Å². The Morgan fingerprint density at radius 3 is 2.84 bits per heavy atom. The number of benzene rings is 1. The first-order valence-corrected chi connectivity index (χ1v) is 5.91. The molecule has 5 heteroatoms. The summed E-state index contributed by atoms with van der Waals surface area (Å²) in [5.74, 6) is 0.476. The highest BCUT2D eigenvalue weighted by atomic mass is 16.5. The van der Waals surface area contributed by atoms with Gasteiger partial charge in [-0.3, -0.25) is 4.79 Å². The summed E-state index contributed by atoms with van der Waals surface area (Å²) in [6.45, 7) is 0.166. The molecule has 2 N–H and O–H groups in total. The molecule has 0 atom stereocenters. The number of aromatic nitrogens is 1. The van der Waals surface area contributed by atoms with Crippen LogP contribution >= 0.6 is 0 Å². The molecule has 1 aromatic carbocycles. The van der Waals surface area contributed by atoms with Crippen molar-refractivity contribution in [3.63, 3.8) is 0 Å². The molecule has 0 radical (unpaired) electrons. The lowest BCUT2D eigenvalue weighted by molar-refractivity contribution is -0.116. The third-order valence-electron chi connectivity index (χ3n) is 2.70. The lowest BCUT2D eigenvalue weighted by atomic mass is 10.3. The smallest absolute Gasteiger partial charge is 0.244 e. The van der Waals surface area contributed by atoms with Gasteiger partial charge in [0.15, 0.2) is 0 Å². The Morgan fingerprint density at radius 2 is 2.16 bits per heavy atom. The fourth-order valence-electron chi connectivity index (χ4n) is 1.79. The number of carbonyl (C=O) groups is 1. The quantitative estimate of drug-likeness (QED) is 0.858. The Morgan fingerprint density at radius 1 is 1.37 bits per heavy atom. The van der Waals surface area contributed by atoms with E-state index in [2.05, 4.69) is 5.32 Å². The Hall–Kier alpha value is -2.27. The van der Waals surface area contributed by atoms with Crippen LogP contribution in [0.25, 0.3) is 0 Å². The van der Waals surface area contributed by atoms with Gasteiger partial charge >= 0.3 is 0 Å². The number of para-hydroxylation sites is 2. The summed E-state index contributed by atoms with van der Waals surface area (Å²) in [6, 6.07) is 9.02. The van der Waals surface area contributed by atoms with Gasteiger partial charge in [0.1, 0.15) is 12.3 Å². The summed E-state index contributed by atoms with van der Waals surface area (Å²) in [5, 5.41) is 11.7. The number of amides is 1. The van der Waals surface area contributed by atoms with E-state index in [1.165, 1.54) is 0 Å². The SMILES string of the molecule is COc1ccccc1NC(=O)Cn1ccc(CO)c1. The number of anilines is 1. The van der Waals surface area contributed by atoms with Crippen molar-refractivity contribution in [2.24, 2.45) is 0 Å². The van der Waals surface area contributed by atoms with Crippen molar-refractivity contribution in [1.82, 2.24) is 4.57 Å². The molecule has 19 heavy (non-hydrogen) atoms. The first-order valence-electron chi connectivity index (χ1n) is 5.91. The maximum atomic E-state index is 11.9. The lowest BCUT2D eigenvalue weighted by Crippen LogP contribution is -2.18. The van der Waals surface area contributed by atoms with Crippen molar-refractivity contribution >= 4 is 11.6 Å². The van der Waals surface area contributed by atoms with Gasteiger partial charge in [0, 0.05) is 12.4 Å². The fraction of sp³-hybridized carbons (Fsp3) is 0.214. The first kappa shape index (κ1) is 13.2. The van der Waals surface area contributed by atoms with E-state index in [0.717, 1.165) is 5.56 Å². The number of rotatable bonds is 5. The van der Waals surface area contributed by atoms with Crippen LogP contribution in [-0.4, -0.2) is 22.7 Å². The number of aliphatic hydroxyl groups is 1. The third-order valence-corrected chi connectivity index (χ3v) is 2.70. The largest absolute Gasteiger partial charge is 0.495 e. The molecule has 0 aliphatic heterocycles. The van der Waals surface area contributed by atoms with Crippen molar-refractivity contribution < 1.29 is 14.6 Å². The van der Waals surface area contributed by atoms with Crippen LogP contribution in [-0.2, 0) is 17.9 Å². The molecule has 1 heterocycles. The lowest BCUT2D eigenvalue weighted by Gasteiger charge is -2.10. The maximum absolute atomic E-state index is 11.9. The highest BCUT2D eigenvalue weighted by Crippen LogP contribution is 2.22. The minimum Gasteiger partial charge on any atom is -0.495 e. The normalized spacial score (nSPS) is 10.2. The minimum atomic E-state index is -0.149. The molecule has 2 aromatic rings. The number of nitrogens with zero attached hydrogens (tertiary/aromatic N) is 1. The van der Waals surface area contributed by atoms with E-state index in [9.17, 15) is 4.79 Å². The van der Waals surface area contributed by atoms with Gasteiger partial charge in [-0.25, -0.2) is 0 Å². The summed E-state index contributed by atoms with van der Waals surface area (Å²) in [5.41, 5.74) is 1.43. The molecule has 0 aliphatic carbocycles. The van der Waals surface area contributed by atoms with Crippen LogP contribution in [0.1, 0.15) is 5.56 Å². The number of aliphatic hydroxyl groups excluding tert-OH is 1. The zero-order valence-electron chi connectivity index (χ0n) is 10.7. The Balaban J connectivity index is 2.01. The average molecular weight is 260 g/mol. The monoisotopic (exact) mass is 260 g/mol. The standard InChI is InChI=1S/C14H16N2O3/c1-19-13-5-3-2-4-12(13)15-14(18)9-16-7-6-11(8-16)10-17/h2-8,17H,9-10H2,1H3,(H,15,18). The number of hydrogen-bond acceptors (Lipinski definition) is 3. The van der Waals surface area contributed by atoms with E-state index < -0.39 is 0 Å². The van der Waals surface area contributed by atoms with Gasteiger partial charge in [0.2, 0.25) is 5.91 Å². The van der Waals surface area contributed by atoms with Crippen LogP contribution in [0.5, 0.6) is 5.75 Å². The van der Waals surface area contributed by atoms with Crippen molar-refractivity contribution in [3.8, 4) is 5.75 Å². The first-order chi connectivity index (χ1) is 9.22. The van der Waals surface area contributed by atoms with Crippen molar-refractivity contribution in [2.45, 2.75) is 13.2 Å². The number of methoxy groups -OCH3 is 1. The molecular weight excluding hydrogens is 244 g/mol. The molecule has 0 spiro atoms. The predicted molar refractivity (Wildman–Crippen MR) is 72.0 cm³/mol. The molecule has 5 nitrogen and oxygen atoms in total. The Kier molecular flexibility index (Phi) is 4.20. The van der Waals surface area contributed by atoms with Crippen LogP contribution in [0, 0.1) is 0 Å². The molecule has 0 unspecified atom stereocenters. The van der Waals surface area contributed by atoms with E-state index in [-0.39, 0.29) is 19.1 Å². The highest BCUT2D eigenvalue weighted by Gasteiger charge is 2.07. The summed E-state index contributed by atoms with van der Waals surface area (Å²) < 4.78 is 6.88. The van der Waals surface area contributed by atoms with Gasteiger partial charge in [-0.15, -0.1) is 0 Å². The van der Waals surface area contributed by atoms with Gasteiger partial charge in [0.25, 0.3) is 0 Å². The predicted octanol–water partition coefficient (Wildman–Crippen LogP) is 1.63. The topological polar surface area (TPSA) is 63.5 Å². The number of carbonyl (C=O) groups excluding carboxylic acids is 1. The van der Waals surface area contributed by atoms with Crippen molar-refractivity contribution in [3.05, 3.63) is 48.3 Å². The van der Waals surface area contributed by atoms with Crippen LogP contribution in [0.15, 0.2) is 42.7 Å². The highest BCUT2D eigenvalue weighted by molar-refractivity contribution is 5.92. The third kappa shape index (κ3) is 3.35. The van der Waals surface area contributed by atoms with E-state index in [0.29, 0.717) is 11.4 Å². The summed E-state index contributed by atoms with van der Waals surface area (Å²) in [7, 11) is 1.56. The van der Waals surface area contributed by atoms with Gasteiger partial charge in [-0.2, -0.15) is 0 Å². The van der Waals surface area contributed by atoms with Crippen LogP contribution in [0.2, 0.25) is 0 Å². The summed E-state index contributed by atoms with van der Waals surface area (Å²) in [6.07, 6.45) is 3.50. The molecule has 1 amide bonds. The molecule has 0 saturated carbocycles. The second-order valence-corrected chi connectivity index (χ2v) is 4.10. The zero-order valence-corrected chi connectivity index (χ0v) is 10.7. The van der Waals surface area contributed by atoms with Gasteiger partial charge < -0.3 is 19.7 Å². The van der Waals surface area contributed by atoms with E-state index in [1.807, 2.05) is 12.1 Å². The second-order valence-electron chi connectivity index (χ2n) is 4.10. The second kappa shape index (κ2) is 6.06. The molecule has 1 aromatic heterocycles. The maximum Gasteiger partial charge on any atom is 0.244 e. The average Bonchev–Trinajstić information content (AvgIpc) is 2.87. The minimum absolute atomic E-state index is 0.0267. The fourth-order valence-corrected chi connectivity index (χ4v) is 1.79. The summed E-state index contributed by atoms with van der Waals surface area (Å²) in [4.78, 5) is 11.9. The summed E-state index contributed by atoms with van der Waals surface area (Å²) >= 11 is 0. The van der Waals surface area contributed by atoms with Crippen molar-refractivity contribution in [2.75, 3.05) is 12.4 Å². The van der Waals surface area contributed by atoms with Gasteiger partial charge in [0.05, 0.1) is 19.4 Å². The molecule has 2 rings (SSSR count). The Labute approximate surface area is 111 Å². The number of hydrogen-bond donors (Lipinski definition) is 2. The van der Waals surface area contributed by atoms with E-state index in [4.69, 9.17) is 9.84 Å². The van der Waals surface area contributed by atoms with Gasteiger partial charge in [-0.05, 0) is 23.8 Å². The van der Waals surface area contributed by atoms with Crippen molar-refractivity contribution in [1.29, 1.82) is 0 Å². The molecule has 0 aliphatic rings. The number of ether oxygens (including phenoxy) is 1. The van der Waals surface area contributed by atoms with Crippen LogP contribution in [0.4, 0.5) is 5.69 Å². The zero-order chi connectivity index (χ0) is 13.7. The Bertz CT molecular complexity index is 563. The molecule has 0 fully saturated rings. The van der Waals surface area contributed by atoms with E-state index in [1.54, 1.807) is 42.3 Å². The molecule has 100 valence electrons.